The first kappa shape index (κ1) is 14.3. The Morgan fingerprint density at radius 3 is 1.88 bits per heavy atom. The summed E-state index contributed by atoms with van der Waals surface area (Å²) in [6, 6.07) is 0. The monoisotopic (exact) mass is 247 g/mol. The van der Waals surface area contributed by atoms with Gasteiger partial charge in [-0.3, -0.25) is 9.80 Å². The smallest absolute Gasteiger partial charge is 0.0284 e. The van der Waals surface area contributed by atoms with Gasteiger partial charge in [0.05, 0.1) is 0 Å². The van der Waals surface area contributed by atoms with E-state index in [1.54, 1.807) is 0 Å². The second-order valence-corrected chi connectivity index (χ2v) is 10.4. The highest BCUT2D eigenvalue weighted by atomic mass is 32.3. The Labute approximate surface area is 103 Å². The first-order chi connectivity index (χ1) is 7.37. The van der Waals surface area contributed by atoms with Gasteiger partial charge in [-0.15, -0.1) is 0 Å². The predicted molar refractivity (Wildman–Crippen MR) is 76.8 cm³/mol. The van der Waals surface area contributed by atoms with Crippen LogP contribution in [-0.4, -0.2) is 92.7 Å². The lowest BCUT2D eigenvalue weighted by Crippen LogP contribution is -2.48. The van der Waals surface area contributed by atoms with Crippen LogP contribution in [-0.2, 0) is 0 Å². The quantitative estimate of drug-likeness (QED) is 0.712. The molecule has 1 aliphatic heterocycles. The molecule has 1 aliphatic rings. The number of piperazine rings is 1. The second kappa shape index (κ2) is 6.24. The minimum absolute atomic E-state index is 0.368. The summed E-state index contributed by atoms with van der Waals surface area (Å²) in [6.07, 6.45) is 7.22. The average Bonchev–Trinajstić information content (AvgIpc) is 2.14. The molecule has 3 nitrogen and oxygen atoms in total. The summed E-state index contributed by atoms with van der Waals surface area (Å²) in [7, 11) is 3.94. The summed E-state index contributed by atoms with van der Waals surface area (Å²) in [6.45, 7) is 7.44. The van der Waals surface area contributed by atoms with Crippen molar-refractivity contribution in [2.45, 2.75) is 0 Å². The summed E-state index contributed by atoms with van der Waals surface area (Å²) >= 11 is 0. The molecule has 0 spiro atoms. The molecule has 0 saturated carbocycles. The predicted octanol–water partition coefficient (Wildman–Crippen LogP) is 0.817. The minimum atomic E-state index is -0.368. The molecule has 0 aliphatic carbocycles. The molecular formula is C12H29N3S. The van der Waals surface area contributed by atoms with Crippen molar-refractivity contribution in [1.29, 1.82) is 0 Å². The Kier molecular flexibility index (Phi) is 5.57. The molecule has 1 saturated heterocycles. The van der Waals surface area contributed by atoms with Crippen LogP contribution in [0, 0.1) is 0 Å². The highest BCUT2D eigenvalue weighted by molar-refractivity contribution is 8.32. The Balaban J connectivity index is 2.18. The molecule has 98 valence electrons. The van der Waals surface area contributed by atoms with Crippen LogP contribution in [0.2, 0.25) is 0 Å². The molecule has 0 atom stereocenters. The number of nitrogens with zero attached hydrogens (tertiary/aromatic N) is 3. The number of hydrogen-bond acceptors (Lipinski definition) is 3. The van der Waals surface area contributed by atoms with Crippen LogP contribution in [0.5, 0.6) is 0 Å². The van der Waals surface area contributed by atoms with Crippen molar-refractivity contribution in [3.05, 3.63) is 0 Å². The lowest BCUT2D eigenvalue weighted by atomic mass is 10.3. The van der Waals surface area contributed by atoms with Gasteiger partial charge >= 0.3 is 0 Å². The summed E-state index contributed by atoms with van der Waals surface area (Å²) in [5, 5.41) is 0. The maximum atomic E-state index is 2.64. The van der Waals surface area contributed by atoms with E-state index >= 15 is 0 Å². The maximum absolute atomic E-state index is 2.64. The van der Waals surface area contributed by atoms with E-state index in [0.717, 1.165) is 0 Å². The molecule has 0 unspecified atom stereocenters. The van der Waals surface area contributed by atoms with Gasteiger partial charge in [-0.1, -0.05) is 0 Å². The van der Waals surface area contributed by atoms with Gasteiger partial charge in [0.2, 0.25) is 0 Å². The van der Waals surface area contributed by atoms with Crippen molar-refractivity contribution in [3.63, 3.8) is 0 Å². The van der Waals surface area contributed by atoms with Crippen molar-refractivity contribution in [2.24, 2.45) is 0 Å². The second-order valence-electron chi connectivity index (χ2n) is 5.98. The number of hydrogen-bond donors (Lipinski definition) is 0. The van der Waals surface area contributed by atoms with Crippen molar-refractivity contribution in [1.82, 2.24) is 14.7 Å². The lowest BCUT2D eigenvalue weighted by molar-refractivity contribution is 0.140. The minimum Gasteiger partial charge on any atom is -0.308 e. The molecule has 0 radical (unpaired) electrons. The fourth-order valence-electron chi connectivity index (χ4n) is 2.03. The van der Waals surface area contributed by atoms with Gasteiger partial charge in [-0.2, -0.15) is 0 Å². The van der Waals surface area contributed by atoms with Crippen molar-refractivity contribution >= 4 is 10.0 Å². The Morgan fingerprint density at radius 1 is 0.938 bits per heavy atom. The van der Waals surface area contributed by atoms with Crippen LogP contribution in [0.3, 0.4) is 0 Å². The van der Waals surface area contributed by atoms with Crippen LogP contribution < -0.4 is 0 Å². The van der Waals surface area contributed by atoms with Crippen LogP contribution in [0.25, 0.3) is 0 Å². The van der Waals surface area contributed by atoms with E-state index < -0.39 is 0 Å². The summed E-state index contributed by atoms with van der Waals surface area (Å²) in [4.78, 5) is 7.50. The standard InChI is InChI=1S/C12H29N3S/c1-13(2)6-7-14-8-10-15(11-9-14)12-16(3,4)5/h6-12H2,1-5H3. The molecule has 0 amide bonds. The van der Waals surface area contributed by atoms with Gasteiger partial charge < -0.3 is 4.90 Å². The van der Waals surface area contributed by atoms with E-state index in [1.165, 1.54) is 45.1 Å². The molecular weight excluding hydrogens is 218 g/mol. The highest BCUT2D eigenvalue weighted by Crippen LogP contribution is 2.35. The third kappa shape index (κ3) is 6.09. The fraction of sp³-hybridized carbons (Fsp3) is 1.00. The van der Waals surface area contributed by atoms with Gasteiger partial charge in [0.25, 0.3) is 0 Å². The summed E-state index contributed by atoms with van der Waals surface area (Å²) in [5.74, 6) is 1.31. The summed E-state index contributed by atoms with van der Waals surface area (Å²) in [5.41, 5.74) is 0. The van der Waals surface area contributed by atoms with Gasteiger partial charge in [-0.05, 0) is 32.9 Å². The Morgan fingerprint density at radius 2 is 1.44 bits per heavy atom. The van der Waals surface area contributed by atoms with Crippen molar-refractivity contribution < 1.29 is 0 Å². The molecule has 0 aromatic carbocycles. The molecule has 1 rings (SSSR count). The maximum Gasteiger partial charge on any atom is 0.0284 e. The zero-order chi connectivity index (χ0) is 12.2. The topological polar surface area (TPSA) is 9.72 Å². The van der Waals surface area contributed by atoms with Gasteiger partial charge in [0, 0.05) is 45.1 Å². The molecule has 1 heterocycles. The van der Waals surface area contributed by atoms with Crippen LogP contribution in [0.15, 0.2) is 0 Å². The largest absolute Gasteiger partial charge is 0.308 e. The van der Waals surface area contributed by atoms with Crippen LogP contribution in [0.1, 0.15) is 0 Å². The third-order valence-electron chi connectivity index (χ3n) is 2.90. The lowest BCUT2D eigenvalue weighted by Gasteiger charge is -2.39. The summed E-state index contributed by atoms with van der Waals surface area (Å²) < 4.78 is 0. The van der Waals surface area contributed by atoms with E-state index in [-0.39, 0.29) is 10.0 Å². The average molecular weight is 247 g/mol. The zero-order valence-corrected chi connectivity index (χ0v) is 12.5. The highest BCUT2D eigenvalue weighted by Gasteiger charge is 2.19. The van der Waals surface area contributed by atoms with E-state index in [9.17, 15) is 0 Å². The van der Waals surface area contributed by atoms with E-state index in [1.807, 2.05) is 0 Å². The molecule has 16 heavy (non-hydrogen) atoms. The molecule has 1 fully saturated rings. The molecule has 0 aromatic heterocycles. The molecule has 4 heteroatoms. The van der Waals surface area contributed by atoms with E-state index in [0.29, 0.717) is 0 Å². The van der Waals surface area contributed by atoms with Gasteiger partial charge in [0.15, 0.2) is 0 Å². The Hall–Kier alpha value is 0.230. The Bertz CT molecular complexity index is 193. The third-order valence-corrected chi connectivity index (χ3v) is 4.04. The van der Waals surface area contributed by atoms with Gasteiger partial charge in [0.1, 0.15) is 0 Å². The molecule has 0 N–H and O–H groups in total. The number of rotatable bonds is 5. The van der Waals surface area contributed by atoms with Crippen molar-refractivity contribution in [2.75, 3.05) is 78.0 Å². The SMILES string of the molecule is CN(C)CCN1CCN(CS(C)(C)C)CC1. The van der Waals surface area contributed by atoms with Crippen LogP contribution >= 0.6 is 10.0 Å². The zero-order valence-electron chi connectivity index (χ0n) is 11.7. The normalized spacial score (nSPS) is 21.6. The first-order valence-electron chi connectivity index (χ1n) is 6.12. The first-order valence-corrected chi connectivity index (χ1v) is 9.15. The fourth-order valence-corrected chi connectivity index (χ4v) is 3.38. The number of likely N-dealkylation sites (N-methyl/N-ethyl adjacent to an activating group) is 1. The van der Waals surface area contributed by atoms with Crippen LogP contribution in [0.4, 0.5) is 0 Å². The molecule has 0 aromatic rings. The van der Waals surface area contributed by atoms with Crippen molar-refractivity contribution in [3.8, 4) is 0 Å². The molecule has 0 bridgehead atoms. The van der Waals surface area contributed by atoms with Gasteiger partial charge in [-0.25, -0.2) is 10.0 Å². The van der Waals surface area contributed by atoms with E-state index in [2.05, 4.69) is 47.6 Å². The van der Waals surface area contributed by atoms with E-state index in [4.69, 9.17) is 0 Å².